The van der Waals surface area contributed by atoms with Crippen LogP contribution in [-0.2, 0) is 4.74 Å². The van der Waals surface area contributed by atoms with E-state index in [-0.39, 0.29) is 11.5 Å². The molecule has 0 aromatic heterocycles. The summed E-state index contributed by atoms with van der Waals surface area (Å²) in [4.78, 5) is 11.4. The molecule has 0 aromatic carbocycles. The maximum Gasteiger partial charge on any atom is 0.408 e. The van der Waals surface area contributed by atoms with Crippen molar-refractivity contribution in [3.8, 4) is 12.3 Å². The van der Waals surface area contributed by atoms with Crippen molar-refractivity contribution >= 4 is 6.09 Å². The monoisotopic (exact) mass is 211 g/mol. The van der Waals surface area contributed by atoms with Gasteiger partial charge in [-0.25, -0.2) is 4.79 Å². The second-order valence-corrected chi connectivity index (χ2v) is 5.61. The lowest BCUT2D eigenvalue weighted by Crippen LogP contribution is -2.44. The third-order valence-corrected chi connectivity index (χ3v) is 1.69. The maximum atomic E-state index is 11.4. The van der Waals surface area contributed by atoms with Gasteiger partial charge in [-0.3, -0.25) is 0 Å². The molecule has 0 radical (unpaired) electrons. The minimum atomic E-state index is -0.499. The van der Waals surface area contributed by atoms with Crippen LogP contribution in [0.5, 0.6) is 0 Å². The molecule has 15 heavy (non-hydrogen) atoms. The van der Waals surface area contributed by atoms with Gasteiger partial charge >= 0.3 is 6.09 Å². The van der Waals surface area contributed by atoms with E-state index in [1.807, 2.05) is 41.5 Å². The Balaban J connectivity index is 4.36. The van der Waals surface area contributed by atoms with Crippen LogP contribution in [0.1, 0.15) is 41.5 Å². The Morgan fingerprint density at radius 2 is 1.73 bits per heavy atom. The van der Waals surface area contributed by atoms with E-state index in [0.717, 1.165) is 0 Å². The Kier molecular flexibility index (Phi) is 4.21. The van der Waals surface area contributed by atoms with Crippen molar-refractivity contribution < 1.29 is 9.53 Å². The average molecular weight is 211 g/mol. The summed E-state index contributed by atoms with van der Waals surface area (Å²) in [5.74, 6) is 2.55. The fourth-order valence-corrected chi connectivity index (χ4v) is 0.934. The van der Waals surface area contributed by atoms with Crippen LogP contribution in [0.15, 0.2) is 0 Å². The molecule has 0 aliphatic heterocycles. The van der Waals surface area contributed by atoms with Gasteiger partial charge in [-0.05, 0) is 26.2 Å². The van der Waals surface area contributed by atoms with Gasteiger partial charge in [0.1, 0.15) is 5.60 Å². The summed E-state index contributed by atoms with van der Waals surface area (Å²) in [5.41, 5.74) is -0.674. The van der Waals surface area contributed by atoms with Crippen LogP contribution < -0.4 is 5.32 Å². The van der Waals surface area contributed by atoms with Crippen molar-refractivity contribution in [3.05, 3.63) is 0 Å². The number of carbonyl (C=O) groups is 1. The molecule has 3 heteroatoms. The fourth-order valence-electron chi connectivity index (χ4n) is 0.934. The molecule has 0 aliphatic rings. The van der Waals surface area contributed by atoms with E-state index in [1.54, 1.807) is 0 Å². The molecule has 86 valence electrons. The first-order valence-corrected chi connectivity index (χ1v) is 5.02. The van der Waals surface area contributed by atoms with Crippen molar-refractivity contribution in [2.24, 2.45) is 5.41 Å². The van der Waals surface area contributed by atoms with E-state index < -0.39 is 11.7 Å². The summed E-state index contributed by atoms with van der Waals surface area (Å²) in [6, 6.07) is -0.327. The van der Waals surface area contributed by atoms with Crippen molar-refractivity contribution in [1.29, 1.82) is 0 Å². The Morgan fingerprint density at radius 1 is 1.27 bits per heavy atom. The van der Waals surface area contributed by atoms with E-state index in [2.05, 4.69) is 11.2 Å². The van der Waals surface area contributed by atoms with Crippen LogP contribution in [-0.4, -0.2) is 17.7 Å². The molecular weight excluding hydrogens is 190 g/mol. The first-order valence-electron chi connectivity index (χ1n) is 5.02. The summed E-state index contributed by atoms with van der Waals surface area (Å²) in [6.45, 7) is 11.3. The number of alkyl carbamates (subject to hydrolysis) is 1. The number of hydrogen-bond acceptors (Lipinski definition) is 2. The van der Waals surface area contributed by atoms with Crippen molar-refractivity contribution in [3.63, 3.8) is 0 Å². The van der Waals surface area contributed by atoms with Crippen molar-refractivity contribution in [2.45, 2.75) is 53.2 Å². The zero-order valence-electron chi connectivity index (χ0n) is 10.5. The third-order valence-electron chi connectivity index (χ3n) is 1.69. The Morgan fingerprint density at radius 3 is 2.00 bits per heavy atom. The first kappa shape index (κ1) is 13.8. The summed E-state index contributed by atoms with van der Waals surface area (Å²) < 4.78 is 5.12. The molecule has 0 fully saturated rings. The largest absolute Gasteiger partial charge is 0.444 e. The minimum Gasteiger partial charge on any atom is -0.444 e. The lowest BCUT2D eigenvalue weighted by Gasteiger charge is -2.28. The summed E-state index contributed by atoms with van der Waals surface area (Å²) in [5, 5.41) is 2.67. The molecule has 1 amide bonds. The van der Waals surface area contributed by atoms with Crippen molar-refractivity contribution in [2.75, 3.05) is 0 Å². The van der Waals surface area contributed by atoms with E-state index in [9.17, 15) is 4.79 Å². The number of hydrogen-bond donors (Lipinski definition) is 1. The molecule has 0 aromatic rings. The second-order valence-electron chi connectivity index (χ2n) is 5.61. The maximum absolute atomic E-state index is 11.4. The van der Waals surface area contributed by atoms with Gasteiger partial charge in [-0.2, -0.15) is 0 Å². The number of ether oxygens (including phenoxy) is 1. The standard InChI is InChI=1S/C12H21NO2/c1-8-9(11(2,3)4)13-10(14)15-12(5,6)7/h1,9H,2-7H3,(H,13,14)/t9-/m0/s1. The van der Waals surface area contributed by atoms with E-state index in [0.29, 0.717) is 0 Å². The molecule has 0 spiro atoms. The Bertz CT molecular complexity index is 263. The first-order chi connectivity index (χ1) is 6.56. The summed E-state index contributed by atoms with van der Waals surface area (Å²) in [6.07, 6.45) is 4.88. The molecule has 0 rings (SSSR count). The Hall–Kier alpha value is -1.17. The van der Waals surface area contributed by atoms with Gasteiger partial charge in [0, 0.05) is 0 Å². The molecule has 3 nitrogen and oxygen atoms in total. The highest BCUT2D eigenvalue weighted by atomic mass is 16.6. The number of terminal acetylenes is 1. The Labute approximate surface area is 92.6 Å². The zero-order chi connectivity index (χ0) is 12.3. The van der Waals surface area contributed by atoms with Gasteiger partial charge in [-0.15, -0.1) is 6.42 Å². The van der Waals surface area contributed by atoms with Crippen LogP contribution in [0.4, 0.5) is 4.79 Å². The summed E-state index contributed by atoms with van der Waals surface area (Å²) in [7, 11) is 0. The van der Waals surface area contributed by atoms with Gasteiger partial charge in [0.2, 0.25) is 0 Å². The average Bonchev–Trinajstić information content (AvgIpc) is 1.94. The van der Waals surface area contributed by atoms with Crippen LogP contribution in [0.2, 0.25) is 0 Å². The van der Waals surface area contributed by atoms with Crippen molar-refractivity contribution in [1.82, 2.24) is 5.32 Å². The van der Waals surface area contributed by atoms with Gasteiger partial charge in [0.25, 0.3) is 0 Å². The molecule has 0 heterocycles. The van der Waals surface area contributed by atoms with Crippen LogP contribution in [0, 0.1) is 17.8 Å². The predicted octanol–water partition coefficient (Wildman–Crippen LogP) is 2.56. The fraction of sp³-hybridized carbons (Fsp3) is 0.750. The van der Waals surface area contributed by atoms with E-state index in [4.69, 9.17) is 11.2 Å². The van der Waals surface area contributed by atoms with Crippen LogP contribution in [0.3, 0.4) is 0 Å². The SMILES string of the molecule is C#C[C@H](NC(=O)OC(C)(C)C)C(C)(C)C. The van der Waals surface area contributed by atoms with Gasteiger partial charge in [0.15, 0.2) is 0 Å². The highest BCUT2D eigenvalue weighted by Crippen LogP contribution is 2.19. The lowest BCUT2D eigenvalue weighted by atomic mass is 9.87. The highest BCUT2D eigenvalue weighted by molar-refractivity contribution is 5.68. The normalized spacial score (nSPS) is 13.9. The van der Waals surface area contributed by atoms with Gasteiger partial charge < -0.3 is 10.1 Å². The zero-order valence-corrected chi connectivity index (χ0v) is 10.5. The highest BCUT2D eigenvalue weighted by Gasteiger charge is 2.26. The van der Waals surface area contributed by atoms with Crippen LogP contribution >= 0.6 is 0 Å². The minimum absolute atomic E-state index is 0.175. The van der Waals surface area contributed by atoms with Gasteiger partial charge in [-0.1, -0.05) is 26.7 Å². The number of nitrogens with one attached hydrogen (secondary N) is 1. The second kappa shape index (κ2) is 4.57. The molecule has 0 aliphatic carbocycles. The van der Waals surface area contributed by atoms with Crippen LogP contribution in [0.25, 0.3) is 0 Å². The smallest absolute Gasteiger partial charge is 0.408 e. The number of amides is 1. The van der Waals surface area contributed by atoms with E-state index >= 15 is 0 Å². The molecule has 0 bridgehead atoms. The van der Waals surface area contributed by atoms with Gasteiger partial charge in [0.05, 0.1) is 6.04 Å². The van der Waals surface area contributed by atoms with E-state index in [1.165, 1.54) is 0 Å². The molecular formula is C12H21NO2. The molecule has 1 atom stereocenters. The number of carbonyl (C=O) groups excluding carboxylic acids is 1. The quantitative estimate of drug-likeness (QED) is 0.677. The molecule has 0 saturated carbocycles. The third kappa shape index (κ3) is 6.01. The number of rotatable bonds is 1. The topological polar surface area (TPSA) is 38.3 Å². The molecule has 0 unspecified atom stereocenters. The predicted molar refractivity (Wildman–Crippen MR) is 61.4 cm³/mol. The molecule has 0 saturated heterocycles. The lowest BCUT2D eigenvalue weighted by molar-refractivity contribution is 0.0488. The molecule has 1 N–H and O–H groups in total. The summed E-state index contributed by atoms with van der Waals surface area (Å²) >= 11 is 0.